The van der Waals surface area contributed by atoms with Crippen molar-refractivity contribution in [2.24, 2.45) is 0 Å². The molecule has 1 aromatic heterocycles. The van der Waals surface area contributed by atoms with Gasteiger partial charge in [0.2, 0.25) is 5.56 Å². The third kappa shape index (κ3) is 4.57. The summed E-state index contributed by atoms with van der Waals surface area (Å²) in [6.07, 6.45) is -0.619. The number of benzene rings is 1. The molecule has 2 heterocycles. The summed E-state index contributed by atoms with van der Waals surface area (Å²) in [6.45, 7) is 6.62. The van der Waals surface area contributed by atoms with Crippen molar-refractivity contribution in [2.75, 3.05) is 13.1 Å². The van der Waals surface area contributed by atoms with Crippen molar-refractivity contribution in [3.05, 3.63) is 63.6 Å². The van der Waals surface area contributed by atoms with E-state index in [1.54, 1.807) is 17.9 Å². The zero-order chi connectivity index (χ0) is 19.6. The van der Waals surface area contributed by atoms with Crippen molar-refractivity contribution in [2.45, 2.75) is 45.3 Å². The van der Waals surface area contributed by atoms with Crippen LogP contribution in [0.25, 0.3) is 0 Å². The smallest absolute Gasteiger partial charge is 0.254 e. The van der Waals surface area contributed by atoms with E-state index < -0.39 is 6.10 Å². The highest BCUT2D eigenvalue weighted by Gasteiger charge is 2.32. The minimum absolute atomic E-state index is 0.180. The number of aliphatic hydroxyl groups excluding tert-OH is 1. The maximum Gasteiger partial charge on any atom is 0.254 e. The Morgan fingerprint density at radius 3 is 2.74 bits per heavy atom. The van der Waals surface area contributed by atoms with E-state index in [-0.39, 0.29) is 24.1 Å². The van der Waals surface area contributed by atoms with Gasteiger partial charge in [0.25, 0.3) is 5.91 Å². The number of amides is 1. The van der Waals surface area contributed by atoms with E-state index in [2.05, 4.69) is 24.9 Å². The van der Waals surface area contributed by atoms with Crippen LogP contribution < -0.4 is 10.3 Å². The van der Waals surface area contributed by atoms with E-state index in [9.17, 15) is 14.7 Å². The van der Waals surface area contributed by atoms with E-state index in [1.165, 1.54) is 11.6 Å². The second-order valence-electron chi connectivity index (χ2n) is 7.41. The number of hydrogen-bond acceptors (Lipinski definition) is 4. The number of pyridine rings is 1. The summed E-state index contributed by atoms with van der Waals surface area (Å²) in [5.74, 6) is 0.883. The quantitative estimate of drug-likeness (QED) is 0.866. The van der Waals surface area contributed by atoms with Gasteiger partial charge in [-0.25, -0.2) is 0 Å². The third-order valence-corrected chi connectivity index (χ3v) is 4.85. The Labute approximate surface area is 158 Å². The normalized spacial score (nSPS) is 20.0. The number of ether oxygens (including phenoxy) is 1. The van der Waals surface area contributed by atoms with Crippen LogP contribution in [0.4, 0.5) is 0 Å². The molecule has 1 aliphatic heterocycles. The fraction of sp³-hybridized carbons (Fsp3) is 0.429. The number of nitrogens with zero attached hydrogens (tertiary/aromatic N) is 1. The molecular formula is C21H26N2O4. The minimum atomic E-state index is -0.784. The van der Waals surface area contributed by atoms with Crippen LogP contribution >= 0.6 is 0 Å². The van der Waals surface area contributed by atoms with Gasteiger partial charge in [-0.3, -0.25) is 9.59 Å². The van der Waals surface area contributed by atoms with Crippen LogP contribution in [-0.2, 0) is 0 Å². The molecule has 3 rings (SSSR count). The predicted molar refractivity (Wildman–Crippen MR) is 103 cm³/mol. The Bertz CT molecular complexity index is 874. The summed E-state index contributed by atoms with van der Waals surface area (Å²) in [5, 5.41) is 10.5. The standard InChI is InChI=1S/C21H26N2O4/c1-13(2)15-5-4-6-17(10-15)27-19-7-8-23(12-18(19)24)21(26)16-9-14(3)22-20(25)11-16/h4-6,9-11,13,18-19,24H,7-8,12H2,1-3H3,(H,22,25)/t18-,19-/m1/s1. The van der Waals surface area contributed by atoms with Gasteiger partial charge in [0, 0.05) is 30.3 Å². The molecule has 2 aromatic rings. The lowest BCUT2D eigenvalue weighted by Gasteiger charge is -2.36. The molecule has 1 saturated heterocycles. The van der Waals surface area contributed by atoms with Crippen molar-refractivity contribution in [3.8, 4) is 5.75 Å². The Kier molecular flexibility index (Phi) is 5.65. The number of hydrogen-bond donors (Lipinski definition) is 2. The molecule has 0 aliphatic carbocycles. The molecule has 6 heteroatoms. The highest BCUT2D eigenvalue weighted by Crippen LogP contribution is 2.24. The Morgan fingerprint density at radius 2 is 2.07 bits per heavy atom. The van der Waals surface area contributed by atoms with Crippen molar-refractivity contribution >= 4 is 5.91 Å². The fourth-order valence-corrected chi connectivity index (χ4v) is 3.34. The molecular weight excluding hydrogens is 344 g/mol. The number of aryl methyl sites for hydroxylation is 1. The highest BCUT2D eigenvalue weighted by molar-refractivity contribution is 5.94. The molecule has 0 bridgehead atoms. The van der Waals surface area contributed by atoms with Gasteiger partial charge >= 0.3 is 0 Å². The van der Waals surface area contributed by atoms with Crippen LogP contribution in [0.3, 0.4) is 0 Å². The van der Waals surface area contributed by atoms with Gasteiger partial charge in [-0.1, -0.05) is 26.0 Å². The lowest BCUT2D eigenvalue weighted by molar-refractivity contribution is -0.0199. The van der Waals surface area contributed by atoms with Gasteiger partial charge in [0.15, 0.2) is 0 Å². The minimum Gasteiger partial charge on any atom is -0.488 e. The van der Waals surface area contributed by atoms with Gasteiger partial charge in [-0.05, 0) is 36.6 Å². The number of aromatic nitrogens is 1. The summed E-state index contributed by atoms with van der Waals surface area (Å²) in [4.78, 5) is 28.5. The molecule has 1 aliphatic rings. The van der Waals surface area contributed by atoms with Gasteiger partial charge in [0.05, 0.1) is 6.54 Å². The number of carbonyl (C=O) groups excluding carboxylic acids is 1. The van der Waals surface area contributed by atoms with Gasteiger partial charge in [0.1, 0.15) is 18.0 Å². The average Bonchev–Trinajstić information content (AvgIpc) is 2.62. The van der Waals surface area contributed by atoms with Crippen LogP contribution in [-0.4, -0.2) is 46.2 Å². The number of H-pyrrole nitrogens is 1. The number of likely N-dealkylation sites (tertiary alicyclic amines) is 1. The van der Waals surface area contributed by atoms with Gasteiger partial charge in [-0.15, -0.1) is 0 Å². The number of rotatable bonds is 4. The Morgan fingerprint density at radius 1 is 1.30 bits per heavy atom. The highest BCUT2D eigenvalue weighted by atomic mass is 16.5. The van der Waals surface area contributed by atoms with Gasteiger partial charge < -0.3 is 19.7 Å². The lowest BCUT2D eigenvalue weighted by atomic mass is 10.0. The number of piperidine rings is 1. The zero-order valence-corrected chi connectivity index (χ0v) is 15.9. The fourth-order valence-electron chi connectivity index (χ4n) is 3.34. The van der Waals surface area contributed by atoms with E-state index in [1.807, 2.05) is 18.2 Å². The van der Waals surface area contributed by atoms with Crippen LogP contribution in [0, 0.1) is 6.92 Å². The van der Waals surface area contributed by atoms with E-state index in [0.717, 1.165) is 5.75 Å². The predicted octanol–water partition coefficient (Wildman–Crippen LogP) is 2.46. The first kappa shape index (κ1) is 19.2. The number of carbonyl (C=O) groups is 1. The second-order valence-corrected chi connectivity index (χ2v) is 7.41. The summed E-state index contributed by atoms with van der Waals surface area (Å²) < 4.78 is 5.99. The Balaban J connectivity index is 1.66. The summed E-state index contributed by atoms with van der Waals surface area (Å²) in [7, 11) is 0. The number of β-amino-alcohol motifs (C(OH)–C–C–N with tert-alkyl or cyclic N) is 1. The van der Waals surface area contributed by atoms with Gasteiger partial charge in [-0.2, -0.15) is 0 Å². The SMILES string of the molecule is Cc1cc(C(=O)N2CC[C@@H](Oc3cccc(C(C)C)c3)[C@H](O)C2)cc(=O)[nH]1. The molecule has 1 amide bonds. The molecule has 144 valence electrons. The molecule has 27 heavy (non-hydrogen) atoms. The maximum absolute atomic E-state index is 12.7. The summed E-state index contributed by atoms with van der Waals surface area (Å²) >= 11 is 0. The maximum atomic E-state index is 12.7. The number of nitrogens with one attached hydrogen (secondary N) is 1. The van der Waals surface area contributed by atoms with Crippen molar-refractivity contribution in [1.29, 1.82) is 0 Å². The molecule has 6 nitrogen and oxygen atoms in total. The van der Waals surface area contributed by atoms with Crippen molar-refractivity contribution in [3.63, 3.8) is 0 Å². The molecule has 0 unspecified atom stereocenters. The third-order valence-electron chi connectivity index (χ3n) is 4.85. The van der Waals surface area contributed by atoms with E-state index in [0.29, 0.717) is 30.1 Å². The number of aromatic amines is 1. The lowest BCUT2D eigenvalue weighted by Crippen LogP contribution is -2.51. The van der Waals surface area contributed by atoms with Crippen molar-refractivity contribution < 1.29 is 14.6 Å². The molecule has 1 fully saturated rings. The van der Waals surface area contributed by atoms with Crippen molar-refractivity contribution in [1.82, 2.24) is 9.88 Å². The topological polar surface area (TPSA) is 82.6 Å². The van der Waals surface area contributed by atoms with Crippen LogP contribution in [0.15, 0.2) is 41.2 Å². The Hall–Kier alpha value is -2.60. The summed E-state index contributed by atoms with van der Waals surface area (Å²) in [5.41, 5.74) is 1.85. The van der Waals surface area contributed by atoms with Crippen LogP contribution in [0.1, 0.15) is 47.8 Å². The molecule has 0 radical (unpaired) electrons. The molecule has 0 saturated carbocycles. The molecule has 0 spiro atoms. The second kappa shape index (κ2) is 7.96. The largest absolute Gasteiger partial charge is 0.488 e. The number of aliphatic hydroxyl groups is 1. The van der Waals surface area contributed by atoms with E-state index in [4.69, 9.17) is 4.74 Å². The van der Waals surface area contributed by atoms with E-state index >= 15 is 0 Å². The summed E-state index contributed by atoms with van der Waals surface area (Å²) in [6, 6.07) is 10.8. The monoisotopic (exact) mass is 370 g/mol. The molecule has 2 N–H and O–H groups in total. The average molecular weight is 370 g/mol. The first-order valence-electron chi connectivity index (χ1n) is 9.28. The first-order chi connectivity index (χ1) is 12.8. The van der Waals surface area contributed by atoms with Crippen LogP contribution in [0.2, 0.25) is 0 Å². The van der Waals surface area contributed by atoms with Crippen LogP contribution in [0.5, 0.6) is 5.75 Å². The molecule has 1 aromatic carbocycles. The molecule has 2 atom stereocenters. The first-order valence-corrected chi connectivity index (χ1v) is 9.28. The zero-order valence-electron chi connectivity index (χ0n) is 15.9.